The summed E-state index contributed by atoms with van der Waals surface area (Å²) < 4.78 is 45.4. The number of hydrogen-bond acceptors (Lipinski definition) is 7. The molecule has 1 aromatic carbocycles. The highest BCUT2D eigenvalue weighted by atomic mass is 19.4. The van der Waals surface area contributed by atoms with Gasteiger partial charge in [-0.3, -0.25) is 0 Å². The van der Waals surface area contributed by atoms with Crippen LogP contribution in [0.1, 0.15) is 35.5 Å². The number of morpholine rings is 1. The van der Waals surface area contributed by atoms with E-state index in [0.29, 0.717) is 37.4 Å². The van der Waals surface area contributed by atoms with Gasteiger partial charge in [0.05, 0.1) is 24.6 Å². The van der Waals surface area contributed by atoms with Crippen LogP contribution in [-0.4, -0.2) is 41.5 Å². The third kappa shape index (κ3) is 4.07. The minimum absolute atomic E-state index is 0.00819. The molecule has 0 aliphatic carbocycles. The Balaban J connectivity index is 1.91. The summed E-state index contributed by atoms with van der Waals surface area (Å²) in [6, 6.07) is 6.22. The van der Waals surface area contributed by atoms with Crippen LogP contribution in [0.25, 0.3) is 10.8 Å². The Kier molecular flexibility index (Phi) is 5.34. The van der Waals surface area contributed by atoms with Gasteiger partial charge in [0.2, 0.25) is 0 Å². The van der Waals surface area contributed by atoms with E-state index in [0.717, 1.165) is 22.7 Å². The lowest BCUT2D eigenvalue weighted by molar-refractivity contribution is -0.141. The van der Waals surface area contributed by atoms with Crippen LogP contribution in [0.15, 0.2) is 24.3 Å². The van der Waals surface area contributed by atoms with Crippen LogP contribution in [0.2, 0.25) is 0 Å². The third-order valence-corrected chi connectivity index (χ3v) is 5.54. The highest BCUT2D eigenvalue weighted by Crippen LogP contribution is 2.38. The molecule has 0 bridgehead atoms. The van der Waals surface area contributed by atoms with Gasteiger partial charge in [0.1, 0.15) is 5.69 Å². The molecule has 10 heteroatoms. The van der Waals surface area contributed by atoms with Crippen molar-refractivity contribution in [3.8, 4) is 0 Å². The van der Waals surface area contributed by atoms with E-state index < -0.39 is 17.8 Å². The Morgan fingerprint density at radius 3 is 2.45 bits per heavy atom. The first-order chi connectivity index (χ1) is 14.6. The van der Waals surface area contributed by atoms with Crippen molar-refractivity contribution < 1.29 is 17.9 Å². The lowest BCUT2D eigenvalue weighted by Gasteiger charge is -2.30. The maximum absolute atomic E-state index is 13.3. The highest BCUT2D eigenvalue weighted by Gasteiger charge is 2.34. The van der Waals surface area contributed by atoms with E-state index in [-0.39, 0.29) is 17.2 Å². The molecule has 7 nitrogen and oxygen atoms in total. The number of fused-ring (bicyclic) bond motifs is 1. The Bertz CT molecular complexity index is 1130. The van der Waals surface area contributed by atoms with Crippen molar-refractivity contribution in [2.45, 2.75) is 25.9 Å². The molecule has 1 saturated heterocycles. The molecule has 0 saturated carbocycles. The van der Waals surface area contributed by atoms with Crippen LogP contribution in [0, 0.1) is 6.92 Å². The number of benzene rings is 1. The van der Waals surface area contributed by atoms with Gasteiger partial charge >= 0.3 is 6.18 Å². The van der Waals surface area contributed by atoms with E-state index in [1.165, 1.54) is 6.07 Å². The van der Waals surface area contributed by atoms with E-state index in [1.54, 1.807) is 13.8 Å². The molecule has 1 unspecified atom stereocenters. The van der Waals surface area contributed by atoms with E-state index in [9.17, 15) is 13.2 Å². The zero-order valence-corrected chi connectivity index (χ0v) is 17.2. The molecule has 0 radical (unpaired) electrons. The second-order valence-corrected chi connectivity index (χ2v) is 7.66. The minimum Gasteiger partial charge on any atom is -0.399 e. The van der Waals surface area contributed by atoms with Crippen LogP contribution in [-0.2, 0) is 10.9 Å². The maximum Gasteiger partial charge on any atom is 0.433 e. The van der Waals surface area contributed by atoms with E-state index in [2.05, 4.69) is 20.1 Å². The van der Waals surface area contributed by atoms with Gasteiger partial charge in [0, 0.05) is 41.2 Å². The number of nitrogens with zero attached hydrogens (tertiary/aromatic N) is 4. The second kappa shape index (κ2) is 7.84. The normalized spacial score (nSPS) is 16.0. The van der Waals surface area contributed by atoms with Crippen LogP contribution >= 0.6 is 0 Å². The summed E-state index contributed by atoms with van der Waals surface area (Å²) in [6.45, 7) is 6.19. The van der Waals surface area contributed by atoms with Gasteiger partial charge in [0.15, 0.2) is 5.82 Å². The molecular formula is C21H23F3N6O. The molecule has 1 aliphatic rings. The summed E-state index contributed by atoms with van der Waals surface area (Å²) >= 11 is 0. The first kappa shape index (κ1) is 21.1. The molecular weight excluding hydrogens is 409 g/mol. The van der Waals surface area contributed by atoms with Crippen LogP contribution in [0.5, 0.6) is 0 Å². The van der Waals surface area contributed by atoms with Crippen molar-refractivity contribution in [2.24, 2.45) is 0 Å². The summed E-state index contributed by atoms with van der Waals surface area (Å²) in [5.41, 5.74) is 13.4. The van der Waals surface area contributed by atoms with Crippen LogP contribution < -0.4 is 16.4 Å². The number of ether oxygens (including phenoxy) is 1. The smallest absolute Gasteiger partial charge is 0.399 e. The molecule has 4 rings (SSSR count). The fraction of sp³-hybridized carbons (Fsp3) is 0.381. The highest BCUT2D eigenvalue weighted by molar-refractivity contribution is 5.97. The SMILES string of the molecule is Cc1nnc(N)c2cc(N3CCOCC3)cc(C(C)c3cc(N)cc(C(F)(F)F)n3)c12. The molecule has 3 heterocycles. The molecule has 164 valence electrons. The standard InChI is InChI=1S/C21H23F3N6O/c1-11(17-7-13(25)8-18(27-17)21(22,23)24)15-9-14(30-3-5-31-6-4-30)10-16-19(15)12(2)28-29-20(16)26/h7-11H,3-6H2,1-2H3,(H2,25,27)(H2,26,29). The summed E-state index contributed by atoms with van der Waals surface area (Å²) in [6.07, 6.45) is -4.59. The predicted octanol–water partition coefficient (Wildman–Crippen LogP) is 3.50. The first-order valence-corrected chi connectivity index (χ1v) is 9.89. The average Bonchev–Trinajstić information content (AvgIpc) is 2.74. The zero-order chi connectivity index (χ0) is 22.3. The van der Waals surface area contributed by atoms with E-state index in [4.69, 9.17) is 16.2 Å². The molecule has 3 aromatic rings. The minimum atomic E-state index is -4.59. The number of halogens is 3. The fourth-order valence-corrected chi connectivity index (χ4v) is 3.93. The van der Waals surface area contributed by atoms with Crippen molar-refractivity contribution in [1.29, 1.82) is 0 Å². The summed E-state index contributed by atoms with van der Waals surface area (Å²) in [4.78, 5) is 6.03. The molecule has 2 aromatic heterocycles. The van der Waals surface area contributed by atoms with Gasteiger partial charge in [-0.1, -0.05) is 6.92 Å². The monoisotopic (exact) mass is 432 g/mol. The number of aryl methyl sites for hydroxylation is 1. The summed E-state index contributed by atoms with van der Waals surface area (Å²) in [5.74, 6) is -0.226. The Hall–Kier alpha value is -3.14. The average molecular weight is 432 g/mol. The Morgan fingerprint density at radius 1 is 1.06 bits per heavy atom. The number of alkyl halides is 3. The van der Waals surface area contributed by atoms with Crippen molar-refractivity contribution in [2.75, 3.05) is 42.7 Å². The zero-order valence-electron chi connectivity index (χ0n) is 17.2. The molecule has 0 amide bonds. The van der Waals surface area contributed by atoms with Gasteiger partial charge in [-0.05, 0) is 36.8 Å². The van der Waals surface area contributed by atoms with E-state index >= 15 is 0 Å². The molecule has 0 spiro atoms. The second-order valence-electron chi connectivity index (χ2n) is 7.66. The Labute approximate surface area is 177 Å². The molecule has 1 aliphatic heterocycles. The number of pyridine rings is 1. The number of nitrogen functional groups attached to an aromatic ring is 2. The summed E-state index contributed by atoms with van der Waals surface area (Å²) in [7, 11) is 0. The molecule has 1 atom stereocenters. The predicted molar refractivity (Wildman–Crippen MR) is 113 cm³/mol. The van der Waals surface area contributed by atoms with Crippen LogP contribution in [0.3, 0.4) is 0 Å². The first-order valence-electron chi connectivity index (χ1n) is 9.89. The third-order valence-electron chi connectivity index (χ3n) is 5.54. The van der Waals surface area contributed by atoms with Gasteiger partial charge in [-0.2, -0.15) is 18.3 Å². The van der Waals surface area contributed by atoms with Crippen molar-refractivity contribution >= 4 is 28.0 Å². The molecule has 4 N–H and O–H groups in total. The maximum atomic E-state index is 13.3. The quantitative estimate of drug-likeness (QED) is 0.653. The number of anilines is 3. The number of rotatable bonds is 3. The topological polar surface area (TPSA) is 103 Å². The fourth-order valence-electron chi connectivity index (χ4n) is 3.93. The molecule has 31 heavy (non-hydrogen) atoms. The van der Waals surface area contributed by atoms with Crippen molar-refractivity contribution in [3.63, 3.8) is 0 Å². The summed E-state index contributed by atoms with van der Waals surface area (Å²) in [5, 5.41) is 9.62. The van der Waals surface area contributed by atoms with E-state index in [1.807, 2.05) is 12.1 Å². The van der Waals surface area contributed by atoms with Gasteiger partial charge in [-0.15, -0.1) is 5.10 Å². The van der Waals surface area contributed by atoms with Gasteiger partial charge < -0.3 is 21.1 Å². The molecule has 1 fully saturated rings. The Morgan fingerprint density at radius 2 is 1.77 bits per heavy atom. The van der Waals surface area contributed by atoms with Crippen LogP contribution in [0.4, 0.5) is 30.4 Å². The van der Waals surface area contributed by atoms with Gasteiger partial charge in [-0.25, -0.2) is 4.98 Å². The van der Waals surface area contributed by atoms with Gasteiger partial charge in [0.25, 0.3) is 0 Å². The lowest BCUT2D eigenvalue weighted by atomic mass is 9.90. The lowest BCUT2D eigenvalue weighted by Crippen LogP contribution is -2.36. The number of nitrogens with two attached hydrogens (primary N) is 2. The number of aromatic nitrogens is 3. The van der Waals surface area contributed by atoms with Crippen molar-refractivity contribution in [1.82, 2.24) is 15.2 Å². The van der Waals surface area contributed by atoms with Crippen molar-refractivity contribution in [3.05, 3.63) is 46.9 Å². The largest absolute Gasteiger partial charge is 0.433 e. The number of hydrogen-bond donors (Lipinski definition) is 2.